The first-order valence-corrected chi connectivity index (χ1v) is 7.21. The molecule has 1 unspecified atom stereocenters. The monoisotopic (exact) mass is 305 g/mol. The first-order valence-electron chi connectivity index (χ1n) is 6.83. The summed E-state index contributed by atoms with van der Waals surface area (Å²) in [6.45, 7) is 4.21. The molecule has 5 heteroatoms. The third kappa shape index (κ3) is 3.40. The van der Waals surface area contributed by atoms with E-state index in [1.54, 1.807) is 0 Å². The Hall–Kier alpha value is -0.900. The molecule has 1 nitrogen and oxygen atoms in total. The lowest BCUT2D eigenvalue weighted by Crippen LogP contribution is -2.39. The summed E-state index contributed by atoms with van der Waals surface area (Å²) in [6, 6.07) is 3.96. The number of nitrogens with one attached hydrogen (secondary N) is 1. The molecule has 0 amide bonds. The van der Waals surface area contributed by atoms with Crippen LogP contribution in [0.25, 0.3) is 0 Å². The standard InChI is InChI=1S/C15H19ClF3N/c1-14(2)8-4-3-5-13(14)20-12-7-6-10(16)9-11(12)15(17,18)19/h6-7,9,13,20H,3-5,8H2,1-2H3. The van der Waals surface area contributed by atoms with Crippen LogP contribution in [0, 0.1) is 5.41 Å². The van der Waals surface area contributed by atoms with Crippen molar-refractivity contribution in [3.8, 4) is 0 Å². The van der Waals surface area contributed by atoms with Gasteiger partial charge < -0.3 is 5.32 Å². The molecule has 1 fully saturated rings. The molecule has 0 aliphatic heterocycles. The highest BCUT2D eigenvalue weighted by Crippen LogP contribution is 2.41. The molecule has 1 aromatic carbocycles. The van der Waals surface area contributed by atoms with Crippen molar-refractivity contribution in [1.82, 2.24) is 0 Å². The van der Waals surface area contributed by atoms with Gasteiger partial charge in [-0.1, -0.05) is 38.3 Å². The topological polar surface area (TPSA) is 12.0 Å². The van der Waals surface area contributed by atoms with Gasteiger partial charge in [0.25, 0.3) is 0 Å². The van der Waals surface area contributed by atoms with E-state index in [1.165, 1.54) is 12.1 Å². The molecule has 0 heterocycles. The van der Waals surface area contributed by atoms with E-state index in [0.29, 0.717) is 0 Å². The zero-order valence-corrected chi connectivity index (χ0v) is 12.4. The number of anilines is 1. The Bertz CT molecular complexity index is 482. The molecule has 2 rings (SSSR count). The minimum atomic E-state index is -4.40. The minimum absolute atomic E-state index is 0.000749. The van der Waals surface area contributed by atoms with Gasteiger partial charge in [-0.25, -0.2) is 0 Å². The largest absolute Gasteiger partial charge is 0.418 e. The van der Waals surface area contributed by atoms with Crippen LogP contribution >= 0.6 is 11.6 Å². The SMILES string of the molecule is CC1(C)CCCCC1Nc1ccc(Cl)cc1C(F)(F)F. The molecule has 0 radical (unpaired) electrons. The Morgan fingerprint density at radius 2 is 1.95 bits per heavy atom. The van der Waals surface area contributed by atoms with Crippen molar-refractivity contribution in [3.63, 3.8) is 0 Å². The van der Waals surface area contributed by atoms with Gasteiger partial charge in [0.15, 0.2) is 0 Å². The lowest BCUT2D eigenvalue weighted by atomic mass is 9.73. The van der Waals surface area contributed by atoms with E-state index in [9.17, 15) is 13.2 Å². The molecule has 0 saturated heterocycles. The van der Waals surface area contributed by atoms with Gasteiger partial charge in [0, 0.05) is 16.8 Å². The molecule has 0 spiro atoms. The predicted molar refractivity (Wildman–Crippen MR) is 76.1 cm³/mol. The summed E-state index contributed by atoms with van der Waals surface area (Å²) in [5, 5.41) is 3.20. The summed E-state index contributed by atoms with van der Waals surface area (Å²) in [5.41, 5.74) is -0.561. The highest BCUT2D eigenvalue weighted by Gasteiger charge is 2.37. The summed E-state index contributed by atoms with van der Waals surface area (Å²) in [5.74, 6) is 0. The molecular formula is C15H19ClF3N. The van der Waals surface area contributed by atoms with Gasteiger partial charge in [0.1, 0.15) is 0 Å². The van der Waals surface area contributed by atoms with E-state index in [-0.39, 0.29) is 22.2 Å². The Morgan fingerprint density at radius 1 is 1.25 bits per heavy atom. The van der Waals surface area contributed by atoms with Gasteiger partial charge in [-0.05, 0) is 36.5 Å². The Morgan fingerprint density at radius 3 is 2.55 bits per heavy atom. The summed E-state index contributed by atoms with van der Waals surface area (Å²) in [4.78, 5) is 0. The second-order valence-corrected chi connectivity index (χ2v) is 6.56. The third-order valence-electron chi connectivity index (χ3n) is 4.12. The van der Waals surface area contributed by atoms with Gasteiger partial charge in [0.05, 0.1) is 5.56 Å². The molecular weight excluding hydrogens is 287 g/mol. The molecule has 0 bridgehead atoms. The number of rotatable bonds is 2. The molecule has 20 heavy (non-hydrogen) atoms. The first-order chi connectivity index (χ1) is 9.20. The van der Waals surface area contributed by atoms with Gasteiger partial charge in [0.2, 0.25) is 0 Å². The number of halogens is 4. The zero-order chi connectivity index (χ0) is 15.0. The second kappa shape index (κ2) is 5.47. The number of alkyl halides is 3. The van der Waals surface area contributed by atoms with Crippen molar-refractivity contribution >= 4 is 17.3 Å². The van der Waals surface area contributed by atoms with Gasteiger partial charge in [-0.15, -0.1) is 0 Å². The average molecular weight is 306 g/mol. The zero-order valence-electron chi connectivity index (χ0n) is 11.6. The molecule has 112 valence electrons. The maximum atomic E-state index is 13.1. The van der Waals surface area contributed by atoms with E-state index in [1.807, 2.05) is 0 Å². The molecule has 1 aliphatic carbocycles. The van der Waals surface area contributed by atoms with E-state index in [0.717, 1.165) is 31.7 Å². The van der Waals surface area contributed by atoms with Crippen LogP contribution < -0.4 is 5.32 Å². The van der Waals surface area contributed by atoms with Crippen LogP contribution in [0.4, 0.5) is 18.9 Å². The summed E-state index contributed by atoms with van der Waals surface area (Å²) in [6.07, 6.45) is -0.285. The highest BCUT2D eigenvalue weighted by molar-refractivity contribution is 6.30. The maximum absolute atomic E-state index is 13.1. The lowest BCUT2D eigenvalue weighted by Gasteiger charge is -2.40. The van der Waals surface area contributed by atoms with Crippen molar-refractivity contribution in [1.29, 1.82) is 0 Å². The van der Waals surface area contributed by atoms with Crippen molar-refractivity contribution < 1.29 is 13.2 Å². The Balaban J connectivity index is 2.29. The highest BCUT2D eigenvalue weighted by atomic mass is 35.5. The number of benzene rings is 1. The second-order valence-electron chi connectivity index (χ2n) is 6.12. The summed E-state index contributed by atoms with van der Waals surface area (Å²) >= 11 is 5.69. The lowest BCUT2D eigenvalue weighted by molar-refractivity contribution is -0.137. The molecule has 1 atom stereocenters. The molecule has 1 saturated carbocycles. The van der Waals surface area contributed by atoms with E-state index in [4.69, 9.17) is 11.6 Å². The van der Waals surface area contributed by atoms with Crippen LogP contribution in [0.2, 0.25) is 5.02 Å². The van der Waals surface area contributed by atoms with Crippen LogP contribution in [0.3, 0.4) is 0 Å². The molecule has 1 aliphatic rings. The van der Waals surface area contributed by atoms with Crippen LogP contribution in [0.5, 0.6) is 0 Å². The maximum Gasteiger partial charge on any atom is 0.418 e. The van der Waals surface area contributed by atoms with Crippen LogP contribution in [-0.4, -0.2) is 6.04 Å². The summed E-state index contributed by atoms with van der Waals surface area (Å²) in [7, 11) is 0. The fourth-order valence-corrected chi connectivity index (χ4v) is 3.00. The molecule has 1 N–H and O–H groups in total. The normalized spacial score (nSPS) is 22.6. The average Bonchev–Trinajstić information content (AvgIpc) is 2.32. The fourth-order valence-electron chi connectivity index (χ4n) is 2.83. The quantitative estimate of drug-likeness (QED) is 0.734. The van der Waals surface area contributed by atoms with Gasteiger partial charge >= 0.3 is 6.18 Å². The van der Waals surface area contributed by atoms with Crippen molar-refractivity contribution in [3.05, 3.63) is 28.8 Å². The smallest absolute Gasteiger partial charge is 0.381 e. The van der Waals surface area contributed by atoms with Gasteiger partial charge in [-0.3, -0.25) is 0 Å². The third-order valence-corrected chi connectivity index (χ3v) is 4.36. The molecule has 1 aromatic rings. The predicted octanol–water partition coefficient (Wildman–Crippen LogP) is 5.74. The van der Waals surface area contributed by atoms with E-state index >= 15 is 0 Å². The Labute approximate surface area is 122 Å². The summed E-state index contributed by atoms with van der Waals surface area (Å²) < 4.78 is 39.2. The van der Waals surface area contributed by atoms with E-state index in [2.05, 4.69) is 19.2 Å². The van der Waals surface area contributed by atoms with Gasteiger partial charge in [-0.2, -0.15) is 13.2 Å². The Kier molecular flexibility index (Phi) is 4.24. The van der Waals surface area contributed by atoms with Crippen LogP contribution in [-0.2, 0) is 6.18 Å². The fraction of sp³-hybridized carbons (Fsp3) is 0.600. The minimum Gasteiger partial charge on any atom is -0.381 e. The number of hydrogen-bond donors (Lipinski definition) is 1. The van der Waals surface area contributed by atoms with Crippen molar-refractivity contribution in [2.75, 3.05) is 5.32 Å². The van der Waals surface area contributed by atoms with Crippen molar-refractivity contribution in [2.45, 2.75) is 51.7 Å². The van der Waals surface area contributed by atoms with Crippen molar-refractivity contribution in [2.24, 2.45) is 5.41 Å². The first kappa shape index (κ1) is 15.5. The molecule has 0 aromatic heterocycles. The van der Waals surface area contributed by atoms with E-state index < -0.39 is 11.7 Å². The van der Waals surface area contributed by atoms with Crippen LogP contribution in [0.15, 0.2) is 18.2 Å². The van der Waals surface area contributed by atoms with Crippen LogP contribution in [0.1, 0.15) is 45.1 Å². The number of hydrogen-bond acceptors (Lipinski definition) is 1.